The fourth-order valence-corrected chi connectivity index (χ4v) is 2.55. The second-order valence-corrected chi connectivity index (χ2v) is 7.83. The van der Waals surface area contributed by atoms with Gasteiger partial charge in [-0.05, 0) is 40.3 Å². The number of rotatable bonds is 7. The SMILES string of the molecule is CN=C(NCC(C)N(C)Cc1ccccc1)N(C)CC(=O)NC(C)(C)C. The third-order valence-electron chi connectivity index (χ3n) is 4.05. The highest BCUT2D eigenvalue weighted by molar-refractivity contribution is 5.86. The molecule has 0 saturated heterocycles. The molecule has 0 aliphatic rings. The van der Waals surface area contributed by atoms with Gasteiger partial charge >= 0.3 is 0 Å². The molecule has 0 aliphatic carbocycles. The molecule has 0 spiro atoms. The van der Waals surface area contributed by atoms with Crippen LogP contribution in [-0.4, -0.2) is 67.5 Å². The number of hydrogen-bond acceptors (Lipinski definition) is 3. The first-order valence-corrected chi connectivity index (χ1v) is 9.09. The van der Waals surface area contributed by atoms with Gasteiger partial charge in [0.2, 0.25) is 5.91 Å². The van der Waals surface area contributed by atoms with Crippen molar-refractivity contribution in [1.29, 1.82) is 0 Å². The maximum Gasteiger partial charge on any atom is 0.240 e. The van der Waals surface area contributed by atoms with E-state index in [-0.39, 0.29) is 18.0 Å². The van der Waals surface area contributed by atoms with Crippen LogP contribution in [0.3, 0.4) is 0 Å². The number of carbonyl (C=O) groups excluding carboxylic acids is 1. The molecule has 1 atom stereocenters. The van der Waals surface area contributed by atoms with Crippen LogP contribution in [0.5, 0.6) is 0 Å². The van der Waals surface area contributed by atoms with Gasteiger partial charge in [0.05, 0.1) is 6.54 Å². The topological polar surface area (TPSA) is 60.0 Å². The molecule has 1 aromatic carbocycles. The van der Waals surface area contributed by atoms with E-state index in [1.165, 1.54) is 5.56 Å². The summed E-state index contributed by atoms with van der Waals surface area (Å²) in [5.74, 6) is 0.700. The molecule has 6 nitrogen and oxygen atoms in total. The summed E-state index contributed by atoms with van der Waals surface area (Å²) in [6.07, 6.45) is 0. The number of aliphatic imine (C=N–C) groups is 1. The molecule has 26 heavy (non-hydrogen) atoms. The van der Waals surface area contributed by atoms with Crippen molar-refractivity contribution in [1.82, 2.24) is 20.4 Å². The van der Waals surface area contributed by atoms with Crippen molar-refractivity contribution < 1.29 is 4.79 Å². The fraction of sp³-hybridized carbons (Fsp3) is 0.600. The van der Waals surface area contributed by atoms with Gasteiger partial charge in [0.15, 0.2) is 5.96 Å². The molecular weight excluding hydrogens is 326 g/mol. The minimum Gasteiger partial charge on any atom is -0.355 e. The van der Waals surface area contributed by atoms with Crippen LogP contribution < -0.4 is 10.6 Å². The number of amides is 1. The second kappa shape index (κ2) is 10.2. The molecule has 146 valence electrons. The Kier molecular flexibility index (Phi) is 8.58. The normalized spacial score (nSPS) is 13.5. The Bertz CT molecular complexity index is 580. The summed E-state index contributed by atoms with van der Waals surface area (Å²) in [6.45, 7) is 10.0. The van der Waals surface area contributed by atoms with E-state index in [0.29, 0.717) is 12.0 Å². The van der Waals surface area contributed by atoms with Crippen molar-refractivity contribution in [2.24, 2.45) is 4.99 Å². The fourth-order valence-electron chi connectivity index (χ4n) is 2.55. The van der Waals surface area contributed by atoms with Crippen LogP contribution in [0.25, 0.3) is 0 Å². The largest absolute Gasteiger partial charge is 0.355 e. The van der Waals surface area contributed by atoms with Crippen molar-refractivity contribution >= 4 is 11.9 Å². The number of nitrogens with one attached hydrogen (secondary N) is 2. The average Bonchev–Trinajstić information content (AvgIpc) is 2.54. The average molecular weight is 362 g/mol. The molecule has 0 fully saturated rings. The molecule has 0 heterocycles. The molecule has 6 heteroatoms. The Morgan fingerprint density at radius 3 is 2.35 bits per heavy atom. The molecular formula is C20H35N5O. The molecule has 0 aromatic heterocycles. The number of nitrogens with zero attached hydrogens (tertiary/aromatic N) is 3. The van der Waals surface area contributed by atoms with Crippen molar-refractivity contribution in [3.05, 3.63) is 35.9 Å². The molecule has 2 N–H and O–H groups in total. The lowest BCUT2D eigenvalue weighted by Gasteiger charge is -2.28. The zero-order valence-corrected chi connectivity index (χ0v) is 17.3. The number of guanidine groups is 1. The molecule has 0 radical (unpaired) electrons. The smallest absolute Gasteiger partial charge is 0.240 e. The number of hydrogen-bond donors (Lipinski definition) is 2. The number of benzene rings is 1. The second-order valence-electron chi connectivity index (χ2n) is 7.83. The van der Waals surface area contributed by atoms with Gasteiger partial charge in [0.25, 0.3) is 0 Å². The van der Waals surface area contributed by atoms with Gasteiger partial charge in [-0.2, -0.15) is 0 Å². The van der Waals surface area contributed by atoms with Gasteiger partial charge in [-0.25, -0.2) is 0 Å². The van der Waals surface area contributed by atoms with E-state index in [1.54, 1.807) is 7.05 Å². The van der Waals surface area contributed by atoms with Gasteiger partial charge in [-0.1, -0.05) is 30.3 Å². The molecule has 0 saturated carbocycles. The van der Waals surface area contributed by atoms with E-state index in [0.717, 1.165) is 13.1 Å². The highest BCUT2D eigenvalue weighted by Crippen LogP contribution is 2.05. The Labute approximate surface area is 158 Å². The molecule has 1 amide bonds. The summed E-state index contributed by atoms with van der Waals surface area (Å²) >= 11 is 0. The number of carbonyl (C=O) groups is 1. The van der Waals surface area contributed by atoms with Crippen LogP contribution in [0, 0.1) is 0 Å². The van der Waals surface area contributed by atoms with E-state index in [2.05, 4.69) is 58.8 Å². The molecule has 1 unspecified atom stereocenters. The Balaban J connectivity index is 2.48. The molecule has 1 rings (SSSR count). The van der Waals surface area contributed by atoms with E-state index >= 15 is 0 Å². The van der Waals surface area contributed by atoms with Gasteiger partial charge in [0.1, 0.15) is 0 Å². The third-order valence-corrected chi connectivity index (χ3v) is 4.05. The summed E-state index contributed by atoms with van der Waals surface area (Å²) < 4.78 is 0. The van der Waals surface area contributed by atoms with Crippen LogP contribution in [0.4, 0.5) is 0 Å². The monoisotopic (exact) mass is 361 g/mol. The molecule has 1 aromatic rings. The van der Waals surface area contributed by atoms with Crippen molar-refractivity contribution in [2.45, 2.75) is 45.8 Å². The zero-order valence-electron chi connectivity index (χ0n) is 17.3. The summed E-state index contributed by atoms with van der Waals surface area (Å²) in [7, 11) is 5.72. The van der Waals surface area contributed by atoms with Crippen LogP contribution in [0.2, 0.25) is 0 Å². The maximum absolute atomic E-state index is 12.1. The van der Waals surface area contributed by atoms with Crippen molar-refractivity contribution in [3.8, 4) is 0 Å². The van der Waals surface area contributed by atoms with E-state index in [9.17, 15) is 4.79 Å². The predicted octanol–water partition coefficient (Wildman–Crippen LogP) is 1.93. The minimum atomic E-state index is -0.233. The van der Waals surface area contributed by atoms with E-state index in [1.807, 2.05) is 38.8 Å². The van der Waals surface area contributed by atoms with Crippen molar-refractivity contribution in [2.75, 3.05) is 34.2 Å². The summed E-state index contributed by atoms with van der Waals surface area (Å²) in [4.78, 5) is 20.5. The Morgan fingerprint density at radius 2 is 1.81 bits per heavy atom. The Morgan fingerprint density at radius 1 is 1.19 bits per heavy atom. The van der Waals surface area contributed by atoms with Crippen LogP contribution >= 0.6 is 0 Å². The first kappa shape index (κ1) is 22.0. The lowest BCUT2D eigenvalue weighted by molar-refractivity contribution is -0.122. The van der Waals surface area contributed by atoms with Crippen LogP contribution in [0.1, 0.15) is 33.3 Å². The van der Waals surface area contributed by atoms with Crippen molar-refractivity contribution in [3.63, 3.8) is 0 Å². The summed E-state index contributed by atoms with van der Waals surface area (Å²) in [5, 5.41) is 6.33. The first-order valence-electron chi connectivity index (χ1n) is 9.09. The maximum atomic E-state index is 12.1. The van der Waals surface area contributed by atoms with Gasteiger partial charge < -0.3 is 15.5 Å². The minimum absolute atomic E-state index is 0.0165. The van der Waals surface area contributed by atoms with Gasteiger partial charge in [-0.3, -0.25) is 14.7 Å². The zero-order chi connectivity index (χ0) is 19.7. The standard InChI is InChI=1S/C20H35N5O/c1-16(24(6)14-17-11-9-8-10-12-17)13-22-19(21-5)25(7)15-18(26)23-20(2,3)4/h8-12,16H,13-15H2,1-7H3,(H,21,22)(H,23,26). The van der Waals surface area contributed by atoms with Crippen LogP contribution in [-0.2, 0) is 11.3 Å². The lowest BCUT2D eigenvalue weighted by Crippen LogP contribution is -2.50. The molecule has 0 aliphatic heterocycles. The van der Waals surface area contributed by atoms with Gasteiger partial charge in [-0.15, -0.1) is 0 Å². The highest BCUT2D eigenvalue weighted by Gasteiger charge is 2.17. The van der Waals surface area contributed by atoms with E-state index in [4.69, 9.17) is 0 Å². The predicted molar refractivity (Wildman–Crippen MR) is 109 cm³/mol. The van der Waals surface area contributed by atoms with E-state index < -0.39 is 0 Å². The summed E-state index contributed by atoms with van der Waals surface area (Å²) in [6, 6.07) is 10.7. The number of likely N-dealkylation sites (N-methyl/N-ethyl adjacent to an activating group) is 2. The van der Waals surface area contributed by atoms with Crippen LogP contribution in [0.15, 0.2) is 35.3 Å². The summed E-state index contributed by atoms with van der Waals surface area (Å²) in [5.41, 5.74) is 1.06. The first-order chi connectivity index (χ1) is 12.1. The Hall–Kier alpha value is -2.08. The van der Waals surface area contributed by atoms with Gasteiger partial charge in [0, 0.05) is 38.8 Å². The quantitative estimate of drug-likeness (QED) is 0.575. The third kappa shape index (κ3) is 8.34. The highest BCUT2D eigenvalue weighted by atomic mass is 16.2. The molecule has 0 bridgehead atoms. The lowest BCUT2D eigenvalue weighted by atomic mass is 10.1.